The fraction of sp³-hybridized carbons (Fsp3) is 0.333. The molecule has 0 radical (unpaired) electrons. The summed E-state index contributed by atoms with van der Waals surface area (Å²) in [5.74, 6) is -8.87. The van der Waals surface area contributed by atoms with E-state index in [-0.39, 0.29) is 5.56 Å². The average Bonchev–Trinajstić information content (AvgIpc) is 2.34. The molecule has 0 saturated carbocycles. The molecule has 1 aromatic rings. The van der Waals surface area contributed by atoms with Gasteiger partial charge in [0.25, 0.3) is 0 Å². The largest absolute Gasteiger partial charge is 0.449 e. The quantitative estimate of drug-likeness (QED) is 0.842. The third kappa shape index (κ3) is 1.84. The van der Waals surface area contributed by atoms with Crippen molar-refractivity contribution in [1.82, 2.24) is 0 Å². The van der Waals surface area contributed by atoms with Crippen molar-refractivity contribution >= 4 is 6.08 Å². The van der Waals surface area contributed by atoms with Crippen molar-refractivity contribution in [3.8, 4) is 0 Å². The van der Waals surface area contributed by atoms with Crippen molar-refractivity contribution in [2.75, 3.05) is 0 Å². The molecular weight excluding hydrogens is 271 g/mol. The topological polar surface area (TPSA) is 29.5 Å². The van der Waals surface area contributed by atoms with Gasteiger partial charge in [-0.2, -0.15) is 22.0 Å². The van der Waals surface area contributed by atoms with Gasteiger partial charge in [0.1, 0.15) is 0 Å². The maximum absolute atomic E-state index is 13.5. The van der Waals surface area contributed by atoms with Gasteiger partial charge in [0, 0.05) is 0 Å². The number of ether oxygens (including phenoxy) is 1. The Labute approximate surface area is 105 Å². The lowest BCUT2D eigenvalue weighted by Crippen LogP contribution is -2.72. The number of benzene rings is 1. The van der Waals surface area contributed by atoms with E-state index in [0.29, 0.717) is 5.56 Å². The van der Waals surface area contributed by atoms with Crippen LogP contribution in [0.1, 0.15) is 17.2 Å². The summed E-state index contributed by atoms with van der Waals surface area (Å²) in [7, 11) is 0. The van der Waals surface area contributed by atoms with Crippen molar-refractivity contribution in [3.05, 3.63) is 42.0 Å². The van der Waals surface area contributed by atoms with Crippen molar-refractivity contribution in [3.63, 3.8) is 0 Å². The maximum Gasteiger partial charge on any atom is 0.449 e. The Kier molecular flexibility index (Phi) is 2.94. The molecule has 7 heteroatoms. The molecule has 1 aliphatic heterocycles. The molecule has 2 rings (SSSR count). The Morgan fingerprint density at radius 2 is 1.74 bits per heavy atom. The maximum atomic E-state index is 13.5. The predicted octanol–water partition coefficient (Wildman–Crippen LogP) is 3.29. The van der Waals surface area contributed by atoms with Crippen LogP contribution in [0.4, 0.5) is 22.0 Å². The van der Waals surface area contributed by atoms with E-state index in [2.05, 4.69) is 11.3 Å². The number of hydrogen-bond donors (Lipinski definition) is 1. The normalized spacial score (nSPS) is 29.7. The Bertz CT molecular complexity index is 494. The second-order valence-corrected chi connectivity index (χ2v) is 4.13. The predicted molar refractivity (Wildman–Crippen MR) is 56.3 cm³/mol. The van der Waals surface area contributed by atoms with Gasteiger partial charge in [-0.15, -0.1) is 0 Å². The molecule has 2 unspecified atom stereocenters. The molecule has 2 nitrogen and oxygen atoms in total. The molecular formula is C12H9F5O2. The standard InChI is InChI=1S/C12H9F5O2/c1-2-7-3-5-8(6-4-7)9-10(13,14)11(18,19-9)12(15,16)17/h2-6,9,18H,1H2. The van der Waals surface area contributed by atoms with E-state index in [1.54, 1.807) is 0 Å². The highest BCUT2D eigenvalue weighted by Crippen LogP contribution is 2.60. The number of rotatable bonds is 2. The molecule has 19 heavy (non-hydrogen) atoms. The van der Waals surface area contributed by atoms with Gasteiger partial charge in [0.2, 0.25) is 0 Å². The number of hydrogen-bond acceptors (Lipinski definition) is 2. The van der Waals surface area contributed by atoms with Crippen LogP contribution in [-0.2, 0) is 4.74 Å². The molecule has 1 aromatic carbocycles. The minimum atomic E-state index is -5.56. The van der Waals surface area contributed by atoms with Gasteiger partial charge in [0.15, 0.2) is 6.10 Å². The molecule has 1 saturated heterocycles. The Morgan fingerprint density at radius 1 is 1.21 bits per heavy atom. The van der Waals surface area contributed by atoms with Crippen LogP contribution in [0.3, 0.4) is 0 Å². The molecule has 0 bridgehead atoms. The van der Waals surface area contributed by atoms with Crippen LogP contribution in [0.15, 0.2) is 30.8 Å². The van der Waals surface area contributed by atoms with Crippen LogP contribution in [0.5, 0.6) is 0 Å². The minimum Gasteiger partial charge on any atom is -0.354 e. The molecule has 0 aromatic heterocycles. The average molecular weight is 280 g/mol. The summed E-state index contributed by atoms with van der Waals surface area (Å²) < 4.78 is 68.0. The van der Waals surface area contributed by atoms with Gasteiger partial charge >= 0.3 is 17.9 Å². The van der Waals surface area contributed by atoms with Crippen LogP contribution < -0.4 is 0 Å². The highest BCUT2D eigenvalue weighted by molar-refractivity contribution is 5.47. The Morgan fingerprint density at radius 3 is 2.11 bits per heavy atom. The molecule has 0 aliphatic carbocycles. The second-order valence-electron chi connectivity index (χ2n) is 4.13. The first-order valence-electron chi connectivity index (χ1n) is 5.20. The van der Waals surface area contributed by atoms with E-state index in [0.717, 1.165) is 0 Å². The SMILES string of the molecule is C=Cc1ccc(C2OC(O)(C(F)(F)F)C2(F)F)cc1. The van der Waals surface area contributed by atoms with E-state index in [1.165, 1.54) is 30.3 Å². The van der Waals surface area contributed by atoms with Crippen LogP contribution in [-0.4, -0.2) is 23.0 Å². The molecule has 104 valence electrons. The van der Waals surface area contributed by atoms with E-state index >= 15 is 0 Å². The van der Waals surface area contributed by atoms with Crippen molar-refractivity contribution in [2.24, 2.45) is 0 Å². The summed E-state index contributed by atoms with van der Waals surface area (Å²) in [6, 6.07) is 5.22. The number of halogens is 5. The van der Waals surface area contributed by atoms with Crippen molar-refractivity contribution in [1.29, 1.82) is 0 Å². The minimum absolute atomic E-state index is 0.149. The van der Waals surface area contributed by atoms with Crippen LogP contribution in [0.25, 0.3) is 6.08 Å². The highest BCUT2D eigenvalue weighted by Gasteiger charge is 2.82. The first-order chi connectivity index (χ1) is 8.63. The van der Waals surface area contributed by atoms with E-state index in [9.17, 15) is 22.0 Å². The Hall–Kier alpha value is -1.47. The summed E-state index contributed by atoms with van der Waals surface area (Å²) in [5, 5.41) is 8.89. The lowest BCUT2D eigenvalue weighted by molar-refractivity contribution is -0.528. The summed E-state index contributed by atoms with van der Waals surface area (Å²) in [6.07, 6.45) is -6.23. The zero-order valence-electron chi connectivity index (χ0n) is 9.42. The summed E-state index contributed by atoms with van der Waals surface area (Å²) in [4.78, 5) is 0. The summed E-state index contributed by atoms with van der Waals surface area (Å²) in [6.45, 7) is 3.46. The molecule has 2 atom stereocenters. The van der Waals surface area contributed by atoms with Crippen molar-refractivity contribution < 1.29 is 31.8 Å². The van der Waals surface area contributed by atoms with Gasteiger partial charge in [-0.05, 0) is 11.1 Å². The molecule has 0 spiro atoms. The second kappa shape index (κ2) is 4.01. The first-order valence-corrected chi connectivity index (χ1v) is 5.20. The first kappa shape index (κ1) is 14.0. The van der Waals surface area contributed by atoms with Gasteiger partial charge in [-0.25, -0.2) is 0 Å². The van der Waals surface area contributed by atoms with Crippen LogP contribution in [0, 0.1) is 0 Å². The lowest BCUT2D eigenvalue weighted by atomic mass is 9.89. The van der Waals surface area contributed by atoms with Gasteiger partial charge in [-0.1, -0.05) is 36.9 Å². The van der Waals surface area contributed by atoms with E-state index < -0.39 is 24.0 Å². The van der Waals surface area contributed by atoms with E-state index in [4.69, 9.17) is 5.11 Å². The smallest absolute Gasteiger partial charge is 0.354 e. The molecule has 1 aliphatic rings. The third-order valence-electron chi connectivity index (χ3n) is 2.93. The Balaban J connectivity index is 2.28. The van der Waals surface area contributed by atoms with Gasteiger partial charge in [-0.3, -0.25) is 0 Å². The van der Waals surface area contributed by atoms with Crippen LogP contribution >= 0.6 is 0 Å². The molecule has 0 amide bonds. The zero-order valence-corrected chi connectivity index (χ0v) is 9.42. The van der Waals surface area contributed by atoms with Crippen LogP contribution in [0.2, 0.25) is 0 Å². The molecule has 1 N–H and O–H groups in total. The lowest BCUT2D eigenvalue weighted by Gasteiger charge is -2.50. The number of aliphatic hydroxyl groups is 1. The van der Waals surface area contributed by atoms with Gasteiger partial charge < -0.3 is 9.84 Å². The van der Waals surface area contributed by atoms with Gasteiger partial charge in [0.05, 0.1) is 0 Å². The molecule has 1 heterocycles. The zero-order chi connectivity index (χ0) is 14.5. The highest BCUT2D eigenvalue weighted by atomic mass is 19.4. The van der Waals surface area contributed by atoms with Crippen molar-refractivity contribution in [2.45, 2.75) is 24.0 Å². The van der Waals surface area contributed by atoms with E-state index in [1.807, 2.05) is 0 Å². The monoisotopic (exact) mass is 280 g/mol. The summed E-state index contributed by atoms with van der Waals surface area (Å²) in [5.41, 5.74) is 0.474. The summed E-state index contributed by atoms with van der Waals surface area (Å²) >= 11 is 0. The molecule has 1 fully saturated rings. The fourth-order valence-corrected chi connectivity index (χ4v) is 1.78. The fourth-order valence-electron chi connectivity index (χ4n) is 1.78. The number of alkyl halides is 5. The third-order valence-corrected chi connectivity index (χ3v) is 2.93.